The van der Waals surface area contributed by atoms with Gasteiger partial charge in [0.05, 0.1) is 0 Å². The van der Waals surface area contributed by atoms with E-state index in [0.717, 1.165) is 6.42 Å². The topological polar surface area (TPSA) is 67.4 Å². The van der Waals surface area contributed by atoms with Crippen LogP contribution in [0.4, 0.5) is 4.39 Å². The summed E-state index contributed by atoms with van der Waals surface area (Å²) >= 11 is 1.66. The van der Waals surface area contributed by atoms with Crippen molar-refractivity contribution >= 4 is 23.2 Å². The second-order valence-corrected chi connectivity index (χ2v) is 6.22. The first-order valence-electron chi connectivity index (χ1n) is 7.58. The lowest BCUT2D eigenvalue weighted by atomic mass is 10.2. The highest BCUT2D eigenvalue weighted by atomic mass is 32.1. The number of hydrogen-bond acceptors (Lipinski definition) is 4. The number of hydrogen-bond donors (Lipinski definition) is 2. The number of amides is 2. The fourth-order valence-electron chi connectivity index (χ4n) is 1.94. The summed E-state index contributed by atoms with van der Waals surface area (Å²) in [4.78, 5) is 24.8. The van der Waals surface area contributed by atoms with E-state index in [2.05, 4.69) is 10.9 Å². The van der Waals surface area contributed by atoms with Gasteiger partial charge in [0.25, 0.3) is 5.91 Å². The smallest absolute Gasteiger partial charge is 0.279 e. The molecular weight excluding hydrogens is 331 g/mol. The molecule has 1 unspecified atom stereocenters. The predicted molar refractivity (Wildman–Crippen MR) is 90.0 cm³/mol. The molecule has 0 aliphatic heterocycles. The molecule has 1 aromatic carbocycles. The number of thiophene rings is 1. The quantitative estimate of drug-likeness (QED) is 0.755. The molecule has 0 spiro atoms. The van der Waals surface area contributed by atoms with E-state index in [0.29, 0.717) is 18.6 Å². The monoisotopic (exact) mass is 350 g/mol. The van der Waals surface area contributed by atoms with Gasteiger partial charge in [-0.05, 0) is 55.5 Å². The van der Waals surface area contributed by atoms with Gasteiger partial charge >= 0.3 is 0 Å². The van der Waals surface area contributed by atoms with E-state index in [1.165, 1.54) is 29.1 Å². The first kappa shape index (κ1) is 17.9. The van der Waals surface area contributed by atoms with Crippen molar-refractivity contribution in [2.45, 2.75) is 32.3 Å². The Bertz CT molecular complexity index is 659. The number of aryl methyl sites for hydroxylation is 1. The summed E-state index contributed by atoms with van der Waals surface area (Å²) in [7, 11) is 0. The molecule has 1 heterocycles. The summed E-state index contributed by atoms with van der Waals surface area (Å²) in [5.41, 5.74) is 4.69. The molecule has 2 aromatic rings. The van der Waals surface area contributed by atoms with Gasteiger partial charge in [-0.1, -0.05) is 6.07 Å². The molecule has 0 aliphatic rings. The minimum atomic E-state index is -0.818. The Kier molecular flexibility index (Phi) is 6.74. The van der Waals surface area contributed by atoms with Crippen LogP contribution in [0.2, 0.25) is 0 Å². The first-order valence-corrected chi connectivity index (χ1v) is 8.46. The number of rotatable bonds is 7. The average molecular weight is 350 g/mol. The van der Waals surface area contributed by atoms with Gasteiger partial charge in [-0.15, -0.1) is 11.3 Å². The van der Waals surface area contributed by atoms with Gasteiger partial charge in [0.15, 0.2) is 6.10 Å². The minimum Gasteiger partial charge on any atom is -0.481 e. The molecule has 7 heteroatoms. The maximum Gasteiger partial charge on any atom is 0.279 e. The number of benzene rings is 1. The lowest BCUT2D eigenvalue weighted by molar-refractivity contribution is -0.132. The average Bonchev–Trinajstić information content (AvgIpc) is 3.08. The van der Waals surface area contributed by atoms with Crippen molar-refractivity contribution in [3.63, 3.8) is 0 Å². The zero-order valence-corrected chi connectivity index (χ0v) is 14.1. The van der Waals surface area contributed by atoms with Crippen molar-refractivity contribution in [1.29, 1.82) is 0 Å². The van der Waals surface area contributed by atoms with Crippen molar-refractivity contribution < 1.29 is 18.7 Å². The molecule has 0 bridgehead atoms. The third-order valence-electron chi connectivity index (χ3n) is 3.23. The standard InChI is InChI=1S/C17H19FN2O3S/c1-12(23-14-9-7-13(18)8-10-14)17(22)20-19-16(21)6-2-4-15-5-3-11-24-15/h3,5,7-12H,2,4,6H2,1H3,(H,19,21)(H,20,22). The van der Waals surface area contributed by atoms with Crippen LogP contribution in [0.1, 0.15) is 24.6 Å². The molecule has 0 saturated heterocycles. The molecule has 0 fully saturated rings. The van der Waals surface area contributed by atoms with Crippen molar-refractivity contribution in [2.24, 2.45) is 0 Å². The van der Waals surface area contributed by atoms with Crippen LogP contribution >= 0.6 is 11.3 Å². The molecule has 128 valence electrons. The highest BCUT2D eigenvalue weighted by molar-refractivity contribution is 7.09. The van der Waals surface area contributed by atoms with Crippen LogP contribution in [-0.4, -0.2) is 17.9 Å². The van der Waals surface area contributed by atoms with Crippen molar-refractivity contribution in [2.75, 3.05) is 0 Å². The predicted octanol–water partition coefficient (Wildman–Crippen LogP) is 2.82. The van der Waals surface area contributed by atoms with E-state index in [1.54, 1.807) is 18.3 Å². The molecule has 2 N–H and O–H groups in total. The van der Waals surface area contributed by atoms with E-state index >= 15 is 0 Å². The summed E-state index contributed by atoms with van der Waals surface area (Å²) in [6, 6.07) is 9.36. The molecule has 5 nitrogen and oxygen atoms in total. The minimum absolute atomic E-state index is 0.256. The van der Waals surface area contributed by atoms with Crippen molar-refractivity contribution in [3.05, 3.63) is 52.5 Å². The lowest BCUT2D eigenvalue weighted by Gasteiger charge is -2.15. The van der Waals surface area contributed by atoms with Crippen molar-refractivity contribution in [3.8, 4) is 5.75 Å². The van der Waals surface area contributed by atoms with Crippen LogP contribution < -0.4 is 15.6 Å². The Morgan fingerprint density at radius 3 is 2.62 bits per heavy atom. The zero-order valence-electron chi connectivity index (χ0n) is 13.3. The second kappa shape index (κ2) is 9.02. The third kappa shape index (κ3) is 6.00. The van der Waals surface area contributed by atoms with Crippen LogP contribution in [0.5, 0.6) is 5.75 Å². The third-order valence-corrected chi connectivity index (χ3v) is 4.16. The van der Waals surface area contributed by atoms with Crippen LogP contribution in [0, 0.1) is 5.82 Å². The van der Waals surface area contributed by atoms with Gasteiger partial charge < -0.3 is 4.74 Å². The highest BCUT2D eigenvalue weighted by Gasteiger charge is 2.15. The Labute approximate surface area is 143 Å². The van der Waals surface area contributed by atoms with Crippen LogP contribution in [-0.2, 0) is 16.0 Å². The van der Waals surface area contributed by atoms with Crippen molar-refractivity contribution in [1.82, 2.24) is 10.9 Å². The largest absolute Gasteiger partial charge is 0.481 e. The second-order valence-electron chi connectivity index (χ2n) is 5.18. The van der Waals surface area contributed by atoms with Gasteiger partial charge in [-0.2, -0.15) is 0 Å². The maximum atomic E-state index is 12.8. The van der Waals surface area contributed by atoms with Gasteiger partial charge in [-0.25, -0.2) is 4.39 Å². The molecule has 2 amide bonds. The fraction of sp³-hybridized carbons (Fsp3) is 0.294. The summed E-state index contributed by atoms with van der Waals surface area (Å²) in [5.74, 6) is -0.740. The normalized spacial score (nSPS) is 11.6. The summed E-state index contributed by atoms with van der Waals surface area (Å²) in [6.45, 7) is 1.54. The number of carbonyl (C=O) groups is 2. The Morgan fingerprint density at radius 1 is 1.21 bits per heavy atom. The van der Waals surface area contributed by atoms with Crippen LogP contribution in [0.25, 0.3) is 0 Å². The molecule has 0 radical (unpaired) electrons. The number of carbonyl (C=O) groups excluding carboxylic acids is 2. The maximum absolute atomic E-state index is 12.8. The van der Waals surface area contributed by atoms with Gasteiger partial charge in [0.1, 0.15) is 11.6 Å². The number of halogens is 1. The highest BCUT2D eigenvalue weighted by Crippen LogP contribution is 2.13. The summed E-state index contributed by atoms with van der Waals surface area (Å²) in [6.07, 6.45) is 1.06. The fourth-order valence-corrected chi connectivity index (χ4v) is 2.70. The summed E-state index contributed by atoms with van der Waals surface area (Å²) < 4.78 is 18.2. The van der Waals surface area contributed by atoms with E-state index < -0.39 is 12.0 Å². The van der Waals surface area contributed by atoms with E-state index in [-0.39, 0.29) is 11.7 Å². The Hall–Kier alpha value is -2.41. The van der Waals surface area contributed by atoms with Crippen LogP contribution in [0.15, 0.2) is 41.8 Å². The zero-order chi connectivity index (χ0) is 17.4. The Morgan fingerprint density at radius 2 is 1.96 bits per heavy atom. The van der Waals surface area contributed by atoms with Crippen LogP contribution in [0.3, 0.4) is 0 Å². The summed E-state index contributed by atoms with van der Waals surface area (Å²) in [5, 5.41) is 2.00. The van der Waals surface area contributed by atoms with E-state index in [4.69, 9.17) is 4.74 Å². The molecule has 2 rings (SSSR count). The molecular formula is C17H19FN2O3S. The molecule has 1 aromatic heterocycles. The molecule has 1 atom stereocenters. The van der Waals surface area contributed by atoms with Gasteiger partial charge in [0.2, 0.25) is 5.91 Å². The first-order chi connectivity index (χ1) is 11.5. The van der Waals surface area contributed by atoms with E-state index in [1.807, 2.05) is 17.5 Å². The molecule has 0 saturated carbocycles. The molecule has 0 aliphatic carbocycles. The number of ether oxygens (including phenoxy) is 1. The number of nitrogens with one attached hydrogen (secondary N) is 2. The number of hydrazine groups is 1. The van der Waals surface area contributed by atoms with Gasteiger partial charge in [-0.3, -0.25) is 20.4 Å². The Balaban J connectivity index is 1.65. The SMILES string of the molecule is CC(Oc1ccc(F)cc1)C(=O)NNC(=O)CCCc1cccs1. The lowest BCUT2D eigenvalue weighted by Crippen LogP contribution is -2.47. The molecule has 24 heavy (non-hydrogen) atoms. The van der Waals surface area contributed by atoms with Gasteiger partial charge in [0, 0.05) is 11.3 Å². The van der Waals surface area contributed by atoms with E-state index in [9.17, 15) is 14.0 Å².